The Bertz CT molecular complexity index is 800. The lowest BCUT2D eigenvalue weighted by molar-refractivity contribution is -0.149. The number of halogens is 2. The summed E-state index contributed by atoms with van der Waals surface area (Å²) in [5.74, 6) is -0.328. The fourth-order valence-electron chi connectivity index (χ4n) is 3.66. The molecule has 2 rings (SSSR count). The van der Waals surface area contributed by atoms with Crippen LogP contribution in [0.25, 0.3) is 0 Å². The number of aryl methyl sites for hydroxylation is 1. The summed E-state index contributed by atoms with van der Waals surface area (Å²) < 4.78 is 26.9. The summed E-state index contributed by atoms with van der Waals surface area (Å²) in [6.45, 7) is 1.63. The predicted molar refractivity (Wildman–Crippen MR) is 125 cm³/mol. The molecule has 1 fully saturated rings. The number of alkyl halides is 2. The zero-order valence-corrected chi connectivity index (χ0v) is 20.6. The second-order valence-corrected chi connectivity index (χ2v) is 9.36. The van der Waals surface area contributed by atoms with Crippen molar-refractivity contribution in [1.82, 2.24) is 9.55 Å². The molecule has 0 saturated carbocycles. The maximum Gasteiger partial charge on any atom is 0.328 e. The predicted octanol–water partition coefficient (Wildman–Crippen LogP) is 5.68. The van der Waals surface area contributed by atoms with Crippen LogP contribution in [0.5, 0.6) is 0 Å². The minimum absolute atomic E-state index is 0.0300. The molecule has 3 atom stereocenters. The summed E-state index contributed by atoms with van der Waals surface area (Å²) >= 11 is 8.48. The van der Waals surface area contributed by atoms with Gasteiger partial charge in [0.15, 0.2) is 0 Å². The molecule has 0 unspecified atom stereocenters. The van der Waals surface area contributed by atoms with Gasteiger partial charge in [-0.3, -0.25) is 14.3 Å². The molecule has 1 aromatic heterocycles. The molecule has 1 aromatic rings. The SMILES string of the molecule is Cc1cn([C@H]2C[C@H](F)[C@@H](COC(=O)CCCCCCCCCCCBr)O2)c(=O)[nH]c1=S. The molecule has 176 valence electrons. The van der Waals surface area contributed by atoms with Gasteiger partial charge >= 0.3 is 11.7 Å². The second kappa shape index (κ2) is 14.2. The molecule has 2 heterocycles. The highest BCUT2D eigenvalue weighted by molar-refractivity contribution is 9.09. The van der Waals surface area contributed by atoms with Crippen molar-refractivity contribution in [3.05, 3.63) is 26.9 Å². The Kier molecular flexibility index (Phi) is 12.0. The first kappa shape index (κ1) is 26.2. The van der Waals surface area contributed by atoms with Gasteiger partial charge in [0.25, 0.3) is 0 Å². The number of carbonyl (C=O) groups is 1. The van der Waals surface area contributed by atoms with Crippen molar-refractivity contribution in [2.24, 2.45) is 0 Å². The maximum atomic E-state index is 14.3. The maximum absolute atomic E-state index is 14.3. The van der Waals surface area contributed by atoms with Gasteiger partial charge in [-0.05, 0) is 19.8 Å². The van der Waals surface area contributed by atoms with E-state index in [2.05, 4.69) is 20.9 Å². The summed E-state index contributed by atoms with van der Waals surface area (Å²) in [5.41, 5.74) is 0.266. The van der Waals surface area contributed by atoms with Gasteiger partial charge in [-0.1, -0.05) is 73.1 Å². The topological polar surface area (TPSA) is 73.3 Å². The first-order chi connectivity index (χ1) is 14.9. The summed E-state index contributed by atoms with van der Waals surface area (Å²) in [5, 5.41) is 1.09. The largest absolute Gasteiger partial charge is 0.463 e. The van der Waals surface area contributed by atoms with E-state index < -0.39 is 24.2 Å². The molecule has 1 N–H and O–H groups in total. The zero-order valence-electron chi connectivity index (χ0n) is 18.2. The Balaban J connectivity index is 1.60. The molecule has 0 radical (unpaired) electrons. The van der Waals surface area contributed by atoms with Gasteiger partial charge in [0.1, 0.15) is 29.8 Å². The number of nitrogens with one attached hydrogen (secondary N) is 1. The molecule has 0 spiro atoms. The average molecular weight is 521 g/mol. The highest BCUT2D eigenvalue weighted by Crippen LogP contribution is 2.30. The Morgan fingerprint density at radius 3 is 2.48 bits per heavy atom. The van der Waals surface area contributed by atoms with Crippen LogP contribution in [0.1, 0.15) is 82.4 Å². The molecule has 0 aromatic carbocycles. The van der Waals surface area contributed by atoms with Crippen molar-refractivity contribution < 1.29 is 18.7 Å². The Hall–Kier alpha value is -1.06. The van der Waals surface area contributed by atoms with Crippen LogP contribution in [0.4, 0.5) is 4.39 Å². The van der Waals surface area contributed by atoms with Crippen molar-refractivity contribution >= 4 is 34.1 Å². The summed E-state index contributed by atoms with van der Waals surface area (Å²) in [6.07, 6.45) is 9.50. The third-order valence-corrected chi connectivity index (χ3v) is 6.53. The number of aromatic amines is 1. The van der Waals surface area contributed by atoms with Crippen molar-refractivity contribution in [1.29, 1.82) is 0 Å². The van der Waals surface area contributed by atoms with E-state index >= 15 is 0 Å². The van der Waals surface area contributed by atoms with E-state index in [0.29, 0.717) is 16.6 Å². The molecule has 1 saturated heterocycles. The first-order valence-corrected chi connectivity index (χ1v) is 12.8. The Labute approximate surface area is 197 Å². The van der Waals surface area contributed by atoms with Gasteiger partial charge in [-0.15, -0.1) is 0 Å². The molecule has 0 amide bonds. The van der Waals surface area contributed by atoms with Gasteiger partial charge in [-0.2, -0.15) is 0 Å². The van der Waals surface area contributed by atoms with Crippen LogP contribution in [0.3, 0.4) is 0 Å². The number of nitrogens with zero attached hydrogens (tertiary/aromatic N) is 1. The van der Waals surface area contributed by atoms with Crippen LogP contribution in [0.15, 0.2) is 11.0 Å². The fraction of sp³-hybridized carbons (Fsp3) is 0.773. The third-order valence-electron chi connectivity index (χ3n) is 5.54. The number of carbonyl (C=O) groups excluding carboxylic acids is 1. The first-order valence-electron chi connectivity index (χ1n) is 11.3. The van der Waals surface area contributed by atoms with Crippen molar-refractivity contribution in [2.75, 3.05) is 11.9 Å². The summed E-state index contributed by atoms with van der Waals surface area (Å²) in [6, 6.07) is 0. The lowest BCUT2D eigenvalue weighted by Gasteiger charge is -2.16. The zero-order chi connectivity index (χ0) is 22.6. The number of hydrogen-bond donors (Lipinski definition) is 1. The molecular formula is C22H34BrFN2O4S. The molecule has 9 heteroatoms. The van der Waals surface area contributed by atoms with Gasteiger partial charge < -0.3 is 9.47 Å². The van der Waals surface area contributed by atoms with E-state index in [9.17, 15) is 14.0 Å². The van der Waals surface area contributed by atoms with E-state index in [1.54, 1.807) is 13.1 Å². The van der Waals surface area contributed by atoms with Crippen LogP contribution in [-0.2, 0) is 14.3 Å². The molecular weight excluding hydrogens is 487 g/mol. The lowest BCUT2D eigenvalue weighted by Crippen LogP contribution is -2.28. The summed E-state index contributed by atoms with van der Waals surface area (Å²) in [7, 11) is 0. The number of aromatic nitrogens is 2. The lowest BCUT2D eigenvalue weighted by atomic mass is 10.1. The fourth-order valence-corrected chi connectivity index (χ4v) is 4.19. The average Bonchev–Trinajstić information content (AvgIpc) is 3.10. The van der Waals surface area contributed by atoms with Crippen molar-refractivity contribution in [3.8, 4) is 0 Å². The van der Waals surface area contributed by atoms with Crippen LogP contribution in [0, 0.1) is 11.6 Å². The number of hydrogen-bond acceptors (Lipinski definition) is 5. The normalized spacial score (nSPS) is 20.8. The van der Waals surface area contributed by atoms with Crippen LogP contribution < -0.4 is 5.69 Å². The third kappa shape index (κ3) is 9.14. The number of esters is 1. The van der Waals surface area contributed by atoms with Crippen LogP contribution >= 0.6 is 28.1 Å². The molecule has 6 nitrogen and oxygen atoms in total. The highest BCUT2D eigenvalue weighted by atomic mass is 79.9. The number of unbranched alkanes of at least 4 members (excludes halogenated alkanes) is 8. The molecule has 1 aliphatic heterocycles. The van der Waals surface area contributed by atoms with E-state index in [0.717, 1.165) is 24.6 Å². The quantitative estimate of drug-likeness (QED) is 0.148. The monoisotopic (exact) mass is 520 g/mol. The van der Waals surface area contributed by atoms with E-state index in [1.165, 1.54) is 43.1 Å². The molecule has 0 aliphatic carbocycles. The van der Waals surface area contributed by atoms with Gasteiger partial charge in [-0.25, -0.2) is 9.18 Å². The molecule has 1 aliphatic rings. The summed E-state index contributed by atoms with van der Waals surface area (Å²) in [4.78, 5) is 26.6. The number of ether oxygens (including phenoxy) is 2. The van der Waals surface area contributed by atoms with Gasteiger partial charge in [0.05, 0.1) is 0 Å². The van der Waals surface area contributed by atoms with Crippen LogP contribution in [-0.4, -0.2) is 39.7 Å². The Morgan fingerprint density at radius 2 is 1.84 bits per heavy atom. The van der Waals surface area contributed by atoms with Crippen molar-refractivity contribution in [3.63, 3.8) is 0 Å². The minimum atomic E-state index is -1.30. The standard InChI is InChI=1S/C22H34BrFN2O4S/c1-16-14-26(22(28)25-21(16)31)19-13-17(24)18(30-19)15-29-20(27)11-9-7-5-3-2-4-6-8-10-12-23/h14,17-19H,2-13,15H2,1H3,(H,25,28,31)/t17-,18+,19+/m0/s1. The van der Waals surface area contributed by atoms with E-state index in [-0.39, 0.29) is 19.0 Å². The van der Waals surface area contributed by atoms with Gasteiger partial charge in [0, 0.05) is 29.9 Å². The molecule has 31 heavy (non-hydrogen) atoms. The Morgan fingerprint density at radius 1 is 1.23 bits per heavy atom. The second-order valence-electron chi connectivity index (χ2n) is 8.16. The van der Waals surface area contributed by atoms with E-state index in [1.807, 2.05) is 0 Å². The number of rotatable bonds is 14. The van der Waals surface area contributed by atoms with Gasteiger partial charge in [0.2, 0.25) is 0 Å². The smallest absolute Gasteiger partial charge is 0.328 e. The highest BCUT2D eigenvalue weighted by Gasteiger charge is 2.37. The molecule has 0 bridgehead atoms. The minimum Gasteiger partial charge on any atom is -0.463 e. The van der Waals surface area contributed by atoms with Crippen LogP contribution in [0.2, 0.25) is 0 Å². The van der Waals surface area contributed by atoms with E-state index in [4.69, 9.17) is 21.7 Å². The number of H-pyrrole nitrogens is 1. The van der Waals surface area contributed by atoms with Crippen molar-refractivity contribution in [2.45, 2.75) is 96.1 Å².